The third-order valence-electron chi connectivity index (χ3n) is 3.29. The number of anilines is 1. The molecule has 2 heterocycles. The molecule has 2 amide bonds. The number of hydrogen-bond donors (Lipinski definition) is 2. The van der Waals surface area contributed by atoms with Crippen LogP contribution in [-0.2, 0) is 9.59 Å². The van der Waals surface area contributed by atoms with E-state index < -0.39 is 0 Å². The van der Waals surface area contributed by atoms with Crippen LogP contribution in [0.4, 0.5) is 5.82 Å². The van der Waals surface area contributed by atoms with E-state index in [0.717, 1.165) is 23.4 Å². The number of nitrogens with one attached hydrogen (secondary N) is 1. The molecule has 23 heavy (non-hydrogen) atoms. The first-order valence-electron chi connectivity index (χ1n) is 6.71. The molecule has 0 saturated carbocycles. The van der Waals surface area contributed by atoms with Gasteiger partial charge in [-0.05, 0) is 28.1 Å². The summed E-state index contributed by atoms with van der Waals surface area (Å²) >= 11 is 3.36. The van der Waals surface area contributed by atoms with E-state index in [1.165, 1.54) is 0 Å². The summed E-state index contributed by atoms with van der Waals surface area (Å²) in [6.07, 6.45) is 1.76. The number of amides is 2. The summed E-state index contributed by atoms with van der Waals surface area (Å²) in [6.45, 7) is 2.60. The lowest BCUT2D eigenvalue weighted by atomic mass is 10.3. The Bertz CT molecular complexity index is 510. The third-order valence-corrected chi connectivity index (χ3v) is 3.76. The lowest BCUT2D eigenvalue weighted by Crippen LogP contribution is -2.51. The van der Waals surface area contributed by atoms with E-state index in [4.69, 9.17) is 5.73 Å². The Morgan fingerprint density at radius 1 is 1.22 bits per heavy atom. The molecule has 0 aliphatic carbocycles. The molecule has 0 spiro atoms. The van der Waals surface area contributed by atoms with Gasteiger partial charge in [-0.1, -0.05) is 0 Å². The quantitative estimate of drug-likeness (QED) is 0.724. The second-order valence-electron chi connectivity index (χ2n) is 4.68. The first-order valence-corrected chi connectivity index (χ1v) is 7.50. The van der Waals surface area contributed by atoms with Gasteiger partial charge in [0, 0.05) is 36.8 Å². The highest BCUT2D eigenvalue weighted by Gasteiger charge is 2.21. The van der Waals surface area contributed by atoms with Gasteiger partial charge in [-0.25, -0.2) is 4.98 Å². The summed E-state index contributed by atoms with van der Waals surface area (Å²) in [5.74, 6) is 0.503. The van der Waals surface area contributed by atoms with Gasteiger partial charge in [0.05, 0.1) is 13.1 Å². The van der Waals surface area contributed by atoms with Crippen LogP contribution in [-0.4, -0.2) is 61.0 Å². The van der Waals surface area contributed by atoms with E-state index in [9.17, 15) is 9.59 Å². The Labute approximate surface area is 155 Å². The zero-order valence-electron chi connectivity index (χ0n) is 12.4. The number of hydrogen-bond acceptors (Lipinski definition) is 5. The average Bonchev–Trinajstić information content (AvgIpc) is 2.53. The predicted octanol–water partition coefficient (Wildman–Crippen LogP) is 0.411. The van der Waals surface area contributed by atoms with Crippen molar-refractivity contribution in [1.82, 2.24) is 15.2 Å². The van der Waals surface area contributed by atoms with E-state index in [-0.39, 0.29) is 49.7 Å². The molecule has 0 bridgehead atoms. The first-order chi connectivity index (χ1) is 10.1. The summed E-state index contributed by atoms with van der Waals surface area (Å²) in [5, 5.41) is 2.49. The number of rotatable bonds is 4. The van der Waals surface area contributed by atoms with Crippen molar-refractivity contribution in [2.45, 2.75) is 0 Å². The number of carbonyl (C=O) groups excluding carboxylic acids is 2. The highest BCUT2D eigenvalue weighted by Crippen LogP contribution is 2.16. The van der Waals surface area contributed by atoms with Gasteiger partial charge in [-0.15, -0.1) is 24.8 Å². The van der Waals surface area contributed by atoms with E-state index in [1.54, 1.807) is 11.1 Å². The van der Waals surface area contributed by atoms with Gasteiger partial charge in [-0.3, -0.25) is 9.59 Å². The number of nitrogens with two attached hydrogens (primary N) is 1. The molecule has 1 aromatic heterocycles. The zero-order valence-corrected chi connectivity index (χ0v) is 15.6. The summed E-state index contributed by atoms with van der Waals surface area (Å²) in [7, 11) is 0. The van der Waals surface area contributed by atoms with E-state index >= 15 is 0 Å². The Hall–Kier alpha value is -1.09. The van der Waals surface area contributed by atoms with Gasteiger partial charge in [0.2, 0.25) is 11.8 Å². The Morgan fingerprint density at radius 2 is 1.87 bits per heavy atom. The van der Waals surface area contributed by atoms with Gasteiger partial charge >= 0.3 is 0 Å². The van der Waals surface area contributed by atoms with Gasteiger partial charge in [0.25, 0.3) is 0 Å². The zero-order chi connectivity index (χ0) is 15.2. The average molecular weight is 429 g/mol. The fourth-order valence-electron chi connectivity index (χ4n) is 2.10. The van der Waals surface area contributed by atoms with Crippen molar-refractivity contribution < 1.29 is 9.59 Å². The topological polar surface area (TPSA) is 91.6 Å². The van der Waals surface area contributed by atoms with Gasteiger partial charge in [0.1, 0.15) is 5.82 Å². The molecule has 1 aliphatic rings. The highest BCUT2D eigenvalue weighted by molar-refractivity contribution is 9.10. The molecule has 2 rings (SSSR count). The van der Waals surface area contributed by atoms with Crippen LogP contribution in [0.2, 0.25) is 0 Å². The van der Waals surface area contributed by atoms with Crippen molar-refractivity contribution in [3.05, 3.63) is 22.8 Å². The third kappa shape index (κ3) is 6.50. The number of aromatic nitrogens is 1. The molecule has 10 heteroatoms. The van der Waals surface area contributed by atoms with Crippen molar-refractivity contribution in [3.63, 3.8) is 0 Å². The Kier molecular flexibility index (Phi) is 10.1. The van der Waals surface area contributed by atoms with Gasteiger partial charge in [0.15, 0.2) is 0 Å². The van der Waals surface area contributed by atoms with Crippen LogP contribution in [0.15, 0.2) is 22.8 Å². The number of nitrogens with zero attached hydrogens (tertiary/aromatic N) is 3. The summed E-state index contributed by atoms with van der Waals surface area (Å²) in [6, 6.07) is 3.89. The Morgan fingerprint density at radius 3 is 2.39 bits per heavy atom. The Balaban J connectivity index is 0.00000242. The van der Waals surface area contributed by atoms with Crippen LogP contribution in [0.1, 0.15) is 0 Å². The van der Waals surface area contributed by atoms with Crippen LogP contribution in [0.5, 0.6) is 0 Å². The van der Waals surface area contributed by atoms with Crippen LogP contribution >= 0.6 is 40.7 Å². The molecule has 1 saturated heterocycles. The smallest absolute Gasteiger partial charge is 0.242 e. The lowest BCUT2D eigenvalue weighted by molar-refractivity contribution is -0.132. The lowest BCUT2D eigenvalue weighted by Gasteiger charge is -2.35. The molecule has 0 unspecified atom stereocenters. The number of pyridine rings is 1. The summed E-state index contributed by atoms with van der Waals surface area (Å²) in [5.41, 5.74) is 5.18. The van der Waals surface area contributed by atoms with E-state index in [0.29, 0.717) is 13.1 Å². The maximum absolute atomic E-state index is 11.9. The molecular formula is C13H20BrCl2N5O2. The second kappa shape index (κ2) is 10.6. The molecule has 0 radical (unpaired) electrons. The largest absolute Gasteiger partial charge is 0.353 e. The normalized spacial score (nSPS) is 13.7. The standard InChI is InChI=1S/C13H18BrN5O2.2ClH/c14-10-1-2-11(16-8-10)18-3-5-19(6-4-18)13(21)9-17-12(20)7-15;;/h1-2,8H,3-7,9,15H2,(H,17,20);2*1H. The maximum Gasteiger partial charge on any atom is 0.242 e. The van der Waals surface area contributed by atoms with Crippen LogP contribution in [0, 0.1) is 0 Å². The van der Waals surface area contributed by atoms with Crippen molar-refractivity contribution in [3.8, 4) is 0 Å². The molecule has 3 N–H and O–H groups in total. The fraction of sp³-hybridized carbons (Fsp3) is 0.462. The molecule has 0 aromatic carbocycles. The SMILES string of the molecule is Cl.Cl.NCC(=O)NCC(=O)N1CCN(c2ccc(Br)cn2)CC1. The monoisotopic (exact) mass is 427 g/mol. The first kappa shape index (κ1) is 21.9. The molecular weight excluding hydrogens is 409 g/mol. The minimum Gasteiger partial charge on any atom is -0.353 e. The fourth-order valence-corrected chi connectivity index (χ4v) is 2.33. The second-order valence-corrected chi connectivity index (χ2v) is 5.60. The van der Waals surface area contributed by atoms with E-state index in [2.05, 4.69) is 31.1 Å². The van der Waals surface area contributed by atoms with Crippen LogP contribution in [0.3, 0.4) is 0 Å². The van der Waals surface area contributed by atoms with Crippen LogP contribution < -0.4 is 16.0 Å². The highest BCUT2D eigenvalue weighted by atomic mass is 79.9. The van der Waals surface area contributed by atoms with Crippen molar-refractivity contribution in [2.24, 2.45) is 5.73 Å². The predicted molar refractivity (Wildman–Crippen MR) is 97.3 cm³/mol. The van der Waals surface area contributed by atoms with E-state index in [1.807, 2.05) is 12.1 Å². The summed E-state index contributed by atoms with van der Waals surface area (Å²) < 4.78 is 0.940. The molecule has 7 nitrogen and oxygen atoms in total. The minimum absolute atomic E-state index is 0. The van der Waals surface area contributed by atoms with Crippen LogP contribution in [0.25, 0.3) is 0 Å². The minimum atomic E-state index is -0.318. The van der Waals surface area contributed by atoms with Gasteiger partial charge in [-0.2, -0.15) is 0 Å². The molecule has 1 fully saturated rings. The number of carbonyl (C=O) groups is 2. The molecule has 130 valence electrons. The maximum atomic E-state index is 11.9. The number of piperazine rings is 1. The summed E-state index contributed by atoms with van der Waals surface area (Å²) in [4.78, 5) is 31.2. The van der Waals surface area contributed by atoms with Crippen molar-refractivity contribution in [1.29, 1.82) is 0 Å². The van der Waals surface area contributed by atoms with Gasteiger partial charge < -0.3 is 20.9 Å². The molecule has 0 atom stereocenters. The molecule has 1 aliphatic heterocycles. The van der Waals surface area contributed by atoms with Crippen molar-refractivity contribution in [2.75, 3.05) is 44.2 Å². The number of halogens is 3. The molecule has 1 aromatic rings. The van der Waals surface area contributed by atoms with Crippen molar-refractivity contribution >= 4 is 58.4 Å².